The Balaban J connectivity index is 2.48. The lowest BCUT2D eigenvalue weighted by Gasteiger charge is -2.32. The molecule has 1 heterocycles. The zero-order valence-corrected chi connectivity index (χ0v) is 11.2. The molecule has 0 aliphatic heterocycles. The summed E-state index contributed by atoms with van der Waals surface area (Å²) in [4.78, 5) is 2.18. The zero-order chi connectivity index (χ0) is 10.8. The van der Waals surface area contributed by atoms with Gasteiger partial charge >= 0.3 is 0 Å². The van der Waals surface area contributed by atoms with E-state index in [4.69, 9.17) is 0 Å². The molecule has 0 unspecified atom stereocenters. The van der Waals surface area contributed by atoms with Crippen LogP contribution < -0.4 is 5.32 Å². The molecule has 0 bridgehead atoms. The molecule has 14 heavy (non-hydrogen) atoms. The highest BCUT2D eigenvalue weighted by Gasteiger charge is 2.20. The van der Waals surface area contributed by atoms with E-state index in [1.165, 1.54) is 11.3 Å². The third-order valence-corrected chi connectivity index (χ3v) is 3.60. The molecule has 0 aliphatic rings. The highest BCUT2D eigenvalue weighted by molar-refractivity contribution is 9.11. The number of aromatic nitrogens is 2. The van der Waals surface area contributed by atoms with E-state index in [2.05, 4.69) is 64.3 Å². The van der Waals surface area contributed by atoms with Crippen molar-refractivity contribution in [3.8, 4) is 0 Å². The molecule has 1 N–H and O–H groups in total. The lowest BCUT2D eigenvalue weighted by atomic mass is 10.1. The summed E-state index contributed by atoms with van der Waals surface area (Å²) in [6.45, 7) is 5.20. The number of nitrogens with one attached hydrogen (secondary N) is 1. The first-order chi connectivity index (χ1) is 6.42. The van der Waals surface area contributed by atoms with Crippen LogP contribution in [0.5, 0.6) is 0 Å². The van der Waals surface area contributed by atoms with Crippen molar-refractivity contribution in [2.24, 2.45) is 0 Å². The Hall–Kier alpha value is -0.200. The average molecular weight is 279 g/mol. The molecule has 0 atom stereocenters. The largest absolute Gasteiger partial charge is 0.358 e. The molecule has 1 aromatic heterocycles. The van der Waals surface area contributed by atoms with E-state index in [0.717, 1.165) is 15.6 Å². The van der Waals surface area contributed by atoms with Crippen LogP contribution in [0.3, 0.4) is 0 Å². The van der Waals surface area contributed by atoms with E-state index in [0.29, 0.717) is 0 Å². The van der Waals surface area contributed by atoms with Crippen LogP contribution in [0.25, 0.3) is 0 Å². The number of nitrogens with zero attached hydrogens (tertiary/aromatic N) is 3. The van der Waals surface area contributed by atoms with E-state index >= 15 is 0 Å². The Bertz CT molecular complexity index is 297. The van der Waals surface area contributed by atoms with Crippen molar-refractivity contribution in [1.29, 1.82) is 0 Å². The smallest absolute Gasteiger partial charge is 0.206 e. The standard InChI is InChI=1S/C8H15BrN4S/c1-8(2,13(3)4)5-10-7-12-11-6(9)14-7/h5H2,1-4H3,(H,10,12). The summed E-state index contributed by atoms with van der Waals surface area (Å²) in [7, 11) is 4.13. The van der Waals surface area contributed by atoms with Crippen molar-refractivity contribution in [3.05, 3.63) is 3.92 Å². The van der Waals surface area contributed by atoms with E-state index < -0.39 is 0 Å². The van der Waals surface area contributed by atoms with E-state index in [-0.39, 0.29) is 5.54 Å². The van der Waals surface area contributed by atoms with Crippen molar-refractivity contribution < 1.29 is 0 Å². The molecule has 0 saturated carbocycles. The molecule has 1 aromatic rings. The van der Waals surface area contributed by atoms with E-state index in [9.17, 15) is 0 Å². The van der Waals surface area contributed by atoms with Gasteiger partial charge in [0.2, 0.25) is 5.13 Å². The first-order valence-corrected chi connectivity index (χ1v) is 5.93. The summed E-state index contributed by atoms with van der Waals surface area (Å²) in [5.74, 6) is 0. The second-order valence-electron chi connectivity index (χ2n) is 3.92. The maximum atomic E-state index is 3.97. The van der Waals surface area contributed by atoms with Gasteiger partial charge in [0.05, 0.1) is 0 Å². The van der Waals surface area contributed by atoms with Gasteiger partial charge < -0.3 is 10.2 Å². The third-order valence-electron chi connectivity index (χ3n) is 2.28. The van der Waals surface area contributed by atoms with Crippen LogP contribution in [0.2, 0.25) is 0 Å². The topological polar surface area (TPSA) is 41.0 Å². The van der Waals surface area contributed by atoms with Crippen LogP contribution in [0.4, 0.5) is 5.13 Å². The van der Waals surface area contributed by atoms with E-state index in [1.54, 1.807) is 0 Å². The maximum absolute atomic E-state index is 3.97. The molecule has 4 nitrogen and oxygen atoms in total. The second-order valence-corrected chi connectivity index (χ2v) is 6.17. The third kappa shape index (κ3) is 3.18. The first-order valence-electron chi connectivity index (χ1n) is 4.32. The van der Waals surface area contributed by atoms with Gasteiger partial charge in [0.15, 0.2) is 3.92 Å². The molecule has 0 amide bonds. The fourth-order valence-electron chi connectivity index (χ4n) is 0.727. The number of anilines is 1. The molecule has 0 radical (unpaired) electrons. The van der Waals surface area contributed by atoms with Crippen LogP contribution in [0.1, 0.15) is 13.8 Å². The highest BCUT2D eigenvalue weighted by Crippen LogP contribution is 2.21. The molecular formula is C8H15BrN4S. The highest BCUT2D eigenvalue weighted by atomic mass is 79.9. The van der Waals surface area contributed by atoms with Crippen LogP contribution in [-0.4, -0.2) is 41.3 Å². The summed E-state index contributed by atoms with van der Waals surface area (Å²) in [6.07, 6.45) is 0. The van der Waals surface area contributed by atoms with Crippen LogP contribution >= 0.6 is 27.3 Å². The van der Waals surface area contributed by atoms with Gasteiger partial charge in [-0.05, 0) is 43.9 Å². The Morgan fingerprint density at radius 1 is 1.43 bits per heavy atom. The minimum absolute atomic E-state index is 0.109. The number of hydrogen-bond acceptors (Lipinski definition) is 5. The summed E-state index contributed by atoms with van der Waals surface area (Å²) >= 11 is 4.78. The minimum atomic E-state index is 0.109. The van der Waals surface area contributed by atoms with Crippen molar-refractivity contribution in [2.75, 3.05) is 26.0 Å². The van der Waals surface area contributed by atoms with Gasteiger partial charge in [0.1, 0.15) is 0 Å². The van der Waals surface area contributed by atoms with Crippen molar-refractivity contribution in [2.45, 2.75) is 19.4 Å². The average Bonchev–Trinajstić information content (AvgIpc) is 2.48. The lowest BCUT2D eigenvalue weighted by Crippen LogP contribution is -2.44. The van der Waals surface area contributed by atoms with Crippen molar-refractivity contribution in [1.82, 2.24) is 15.1 Å². The zero-order valence-electron chi connectivity index (χ0n) is 8.83. The summed E-state index contributed by atoms with van der Waals surface area (Å²) in [5, 5.41) is 12.0. The van der Waals surface area contributed by atoms with Gasteiger partial charge in [-0.25, -0.2) is 0 Å². The molecule has 1 rings (SSSR count). The van der Waals surface area contributed by atoms with Crippen molar-refractivity contribution in [3.63, 3.8) is 0 Å². The van der Waals surface area contributed by atoms with Crippen LogP contribution in [-0.2, 0) is 0 Å². The quantitative estimate of drug-likeness (QED) is 0.916. The van der Waals surface area contributed by atoms with Gasteiger partial charge in [-0.15, -0.1) is 10.2 Å². The molecule has 0 saturated heterocycles. The van der Waals surface area contributed by atoms with Crippen LogP contribution in [0, 0.1) is 0 Å². The predicted octanol–water partition coefficient (Wildman–Crippen LogP) is 2.05. The number of rotatable bonds is 4. The Morgan fingerprint density at radius 2 is 2.07 bits per heavy atom. The van der Waals surface area contributed by atoms with Gasteiger partial charge in [-0.1, -0.05) is 11.3 Å². The normalized spacial score (nSPS) is 12.1. The Kier molecular flexibility index (Phi) is 3.86. The van der Waals surface area contributed by atoms with E-state index in [1.807, 2.05) is 0 Å². The van der Waals surface area contributed by atoms with Crippen LogP contribution in [0.15, 0.2) is 3.92 Å². The fraction of sp³-hybridized carbons (Fsp3) is 0.750. The predicted molar refractivity (Wildman–Crippen MR) is 63.9 cm³/mol. The second kappa shape index (κ2) is 4.55. The monoisotopic (exact) mass is 278 g/mol. The number of halogens is 1. The molecule has 0 spiro atoms. The minimum Gasteiger partial charge on any atom is -0.358 e. The summed E-state index contributed by atoms with van der Waals surface area (Å²) in [6, 6.07) is 0. The fourth-order valence-corrected chi connectivity index (χ4v) is 1.73. The SMILES string of the molecule is CN(C)C(C)(C)CNc1nnc(Br)s1. The summed E-state index contributed by atoms with van der Waals surface area (Å²) < 4.78 is 0.808. The molecule has 0 aromatic carbocycles. The lowest BCUT2D eigenvalue weighted by molar-refractivity contribution is 0.210. The molecule has 6 heteroatoms. The summed E-state index contributed by atoms with van der Waals surface area (Å²) in [5.41, 5.74) is 0.109. The molecule has 80 valence electrons. The van der Waals surface area contributed by atoms with Gasteiger partial charge in [-0.3, -0.25) is 0 Å². The molecule has 0 aliphatic carbocycles. The number of likely N-dealkylation sites (N-methyl/N-ethyl adjacent to an activating group) is 1. The Morgan fingerprint density at radius 3 is 2.50 bits per heavy atom. The first kappa shape index (κ1) is 11.9. The Labute approximate surface area is 96.8 Å². The van der Waals surface area contributed by atoms with Crippen molar-refractivity contribution >= 4 is 32.4 Å². The van der Waals surface area contributed by atoms with Gasteiger partial charge in [-0.2, -0.15) is 0 Å². The van der Waals surface area contributed by atoms with Gasteiger partial charge in [0, 0.05) is 12.1 Å². The van der Waals surface area contributed by atoms with Gasteiger partial charge in [0.25, 0.3) is 0 Å². The number of hydrogen-bond donors (Lipinski definition) is 1. The maximum Gasteiger partial charge on any atom is 0.206 e. The molecular weight excluding hydrogens is 264 g/mol. The molecule has 0 fully saturated rings.